The van der Waals surface area contributed by atoms with Crippen molar-refractivity contribution in [2.45, 2.75) is 50.5 Å². The number of carbonyl (C=O) groups is 2. The average Bonchev–Trinajstić information content (AvgIpc) is 2.74. The third-order valence-electron chi connectivity index (χ3n) is 3.04. The number of alkyl halides is 2. The van der Waals surface area contributed by atoms with Gasteiger partial charge in [0.2, 0.25) is 5.92 Å². The highest BCUT2D eigenvalue weighted by Gasteiger charge is 2.37. The van der Waals surface area contributed by atoms with Gasteiger partial charge in [0.15, 0.2) is 0 Å². The molecule has 0 aromatic heterocycles. The summed E-state index contributed by atoms with van der Waals surface area (Å²) in [4.78, 5) is 20.7. The second-order valence-electron chi connectivity index (χ2n) is 4.68. The minimum atomic E-state index is -2.46. The Bertz CT molecular complexity index is 313. The number of hydrogen-bond donors (Lipinski definition) is 2. The molecular weight excluding hydrogens is 268 g/mol. The molecule has 2 aliphatic rings. The first-order chi connectivity index (χ1) is 7.80. The summed E-state index contributed by atoms with van der Waals surface area (Å²) in [7, 11) is 0. The molecule has 3 N–H and O–H groups in total. The van der Waals surface area contributed by atoms with E-state index in [1.54, 1.807) is 0 Å². The molecule has 2 unspecified atom stereocenters. The normalized spacial score (nSPS) is 29.2. The van der Waals surface area contributed by atoms with Crippen LogP contribution in [0.15, 0.2) is 0 Å². The predicted molar refractivity (Wildman–Crippen MR) is 64.0 cm³/mol. The minimum absolute atomic E-state index is 0. The van der Waals surface area contributed by atoms with Gasteiger partial charge < -0.3 is 10.8 Å². The zero-order chi connectivity index (χ0) is 13.1. The number of carbonyl (C=O) groups excluding carboxylic acids is 1. The maximum Gasteiger partial charge on any atom is 0.306 e. The van der Waals surface area contributed by atoms with Crippen LogP contribution in [0.2, 0.25) is 0 Å². The van der Waals surface area contributed by atoms with Gasteiger partial charge in [-0.2, -0.15) is 0 Å². The molecule has 0 aliphatic heterocycles. The Labute approximate surface area is 110 Å². The standard InChI is InChI=1S/C6H8O3.C5H9F2N.ClH/c7-5-2-1-4(3-5)6(8)9;6-5(7)2-1-4(8)3-5;/h4H,1-3H2,(H,8,9);4H,1-3,8H2;1H. The summed E-state index contributed by atoms with van der Waals surface area (Å²) in [6.45, 7) is 0. The van der Waals surface area contributed by atoms with Crippen LogP contribution < -0.4 is 5.73 Å². The summed E-state index contributed by atoms with van der Waals surface area (Å²) in [5.41, 5.74) is 5.23. The maximum atomic E-state index is 12.1. The first kappa shape index (κ1) is 17.2. The SMILES string of the molecule is Cl.NC1CCC(F)(F)C1.O=C1CCC(C(=O)O)C1. The smallest absolute Gasteiger partial charge is 0.306 e. The second kappa shape index (κ2) is 6.99. The van der Waals surface area contributed by atoms with E-state index in [2.05, 4.69) is 0 Å². The Morgan fingerprint density at radius 1 is 1.39 bits per heavy atom. The molecule has 0 spiro atoms. The molecule has 2 fully saturated rings. The Kier molecular flexibility index (Phi) is 6.70. The van der Waals surface area contributed by atoms with Crippen LogP contribution in [0.1, 0.15) is 38.5 Å². The molecule has 7 heteroatoms. The first-order valence-electron chi connectivity index (χ1n) is 5.68. The van der Waals surface area contributed by atoms with Gasteiger partial charge in [-0.15, -0.1) is 12.4 Å². The molecule has 0 aromatic rings. The van der Waals surface area contributed by atoms with E-state index in [-0.39, 0.29) is 43.5 Å². The van der Waals surface area contributed by atoms with Crippen LogP contribution >= 0.6 is 12.4 Å². The second-order valence-corrected chi connectivity index (χ2v) is 4.68. The van der Waals surface area contributed by atoms with Crippen LogP contribution in [0.4, 0.5) is 8.78 Å². The zero-order valence-corrected chi connectivity index (χ0v) is 10.7. The van der Waals surface area contributed by atoms with Gasteiger partial charge in [0, 0.05) is 31.7 Å². The van der Waals surface area contributed by atoms with Crippen molar-refractivity contribution < 1.29 is 23.5 Å². The number of hydrogen-bond acceptors (Lipinski definition) is 3. The Morgan fingerprint density at radius 3 is 2.17 bits per heavy atom. The molecule has 0 radical (unpaired) electrons. The lowest BCUT2D eigenvalue weighted by Gasteiger charge is -2.04. The number of carboxylic acids is 1. The van der Waals surface area contributed by atoms with Crippen LogP contribution in [-0.2, 0) is 9.59 Å². The van der Waals surface area contributed by atoms with E-state index in [1.165, 1.54) is 0 Å². The van der Waals surface area contributed by atoms with E-state index in [9.17, 15) is 18.4 Å². The molecule has 0 amide bonds. The molecule has 4 nitrogen and oxygen atoms in total. The van der Waals surface area contributed by atoms with Gasteiger partial charge in [0.1, 0.15) is 5.78 Å². The van der Waals surface area contributed by atoms with Crippen LogP contribution in [0, 0.1) is 5.92 Å². The summed E-state index contributed by atoms with van der Waals surface area (Å²) in [5.74, 6) is -3.60. The molecule has 2 aliphatic carbocycles. The van der Waals surface area contributed by atoms with Gasteiger partial charge in [0.25, 0.3) is 0 Å². The molecule has 0 aromatic carbocycles. The van der Waals surface area contributed by atoms with Crippen LogP contribution in [0.3, 0.4) is 0 Å². The van der Waals surface area contributed by atoms with E-state index in [4.69, 9.17) is 10.8 Å². The summed E-state index contributed by atoms with van der Waals surface area (Å²) >= 11 is 0. The zero-order valence-electron chi connectivity index (χ0n) is 9.90. The van der Waals surface area contributed by atoms with Crippen molar-refractivity contribution in [1.29, 1.82) is 0 Å². The van der Waals surface area contributed by atoms with Crippen molar-refractivity contribution in [2.75, 3.05) is 0 Å². The number of ketones is 1. The fourth-order valence-corrected chi connectivity index (χ4v) is 2.01. The number of aliphatic carboxylic acids is 1. The predicted octanol–water partition coefficient (Wildman–Crippen LogP) is 1.99. The van der Waals surface area contributed by atoms with Gasteiger partial charge in [-0.25, -0.2) is 8.78 Å². The van der Waals surface area contributed by atoms with E-state index in [1.807, 2.05) is 0 Å². The van der Waals surface area contributed by atoms with Crippen molar-refractivity contribution >= 4 is 24.2 Å². The van der Waals surface area contributed by atoms with Crippen molar-refractivity contribution in [3.63, 3.8) is 0 Å². The summed E-state index contributed by atoms with van der Waals surface area (Å²) in [6, 6.07) is -0.259. The Balaban J connectivity index is 0.000000306. The fraction of sp³-hybridized carbons (Fsp3) is 0.818. The van der Waals surface area contributed by atoms with Gasteiger partial charge in [-0.05, 0) is 12.8 Å². The lowest BCUT2D eigenvalue weighted by atomic mass is 10.1. The van der Waals surface area contributed by atoms with Crippen molar-refractivity contribution in [1.82, 2.24) is 0 Å². The molecule has 106 valence electrons. The monoisotopic (exact) mass is 285 g/mol. The molecule has 2 rings (SSSR count). The quantitative estimate of drug-likeness (QED) is 0.772. The Morgan fingerprint density at radius 2 is 2.00 bits per heavy atom. The van der Waals surface area contributed by atoms with Crippen LogP contribution in [0.5, 0.6) is 0 Å². The average molecular weight is 286 g/mol. The molecule has 2 saturated carbocycles. The first-order valence-corrected chi connectivity index (χ1v) is 5.68. The highest BCUT2D eigenvalue weighted by atomic mass is 35.5. The largest absolute Gasteiger partial charge is 0.481 e. The van der Waals surface area contributed by atoms with Gasteiger partial charge in [-0.1, -0.05) is 0 Å². The van der Waals surface area contributed by atoms with E-state index in [0.29, 0.717) is 19.3 Å². The molecule has 0 bridgehead atoms. The number of carboxylic acid groups (broad SMARTS) is 1. The van der Waals surface area contributed by atoms with Gasteiger partial charge in [-0.3, -0.25) is 9.59 Å². The molecule has 0 saturated heterocycles. The number of halogens is 3. The molecule has 18 heavy (non-hydrogen) atoms. The highest BCUT2D eigenvalue weighted by Crippen LogP contribution is 2.33. The molecular formula is C11H18ClF2NO3. The fourth-order valence-electron chi connectivity index (χ4n) is 2.01. The van der Waals surface area contributed by atoms with Crippen LogP contribution in [0.25, 0.3) is 0 Å². The third kappa shape index (κ3) is 5.73. The van der Waals surface area contributed by atoms with Crippen molar-refractivity contribution in [3.05, 3.63) is 0 Å². The lowest BCUT2D eigenvalue weighted by Crippen LogP contribution is -2.18. The Hall–Kier alpha value is -0.750. The van der Waals surface area contributed by atoms with Gasteiger partial charge in [0.05, 0.1) is 5.92 Å². The van der Waals surface area contributed by atoms with Crippen molar-refractivity contribution in [2.24, 2.45) is 11.7 Å². The lowest BCUT2D eigenvalue weighted by molar-refractivity contribution is -0.142. The summed E-state index contributed by atoms with van der Waals surface area (Å²) in [6.07, 6.45) is 1.58. The topological polar surface area (TPSA) is 80.4 Å². The number of nitrogens with two attached hydrogens (primary N) is 1. The van der Waals surface area contributed by atoms with Crippen LogP contribution in [-0.4, -0.2) is 28.8 Å². The highest BCUT2D eigenvalue weighted by molar-refractivity contribution is 5.87. The summed E-state index contributed by atoms with van der Waals surface area (Å²) < 4.78 is 24.2. The molecule has 0 heterocycles. The minimum Gasteiger partial charge on any atom is -0.481 e. The number of rotatable bonds is 1. The number of Topliss-reactive ketones (excluding diaryl/α,β-unsaturated/α-hetero) is 1. The van der Waals surface area contributed by atoms with E-state index in [0.717, 1.165) is 0 Å². The van der Waals surface area contributed by atoms with E-state index < -0.39 is 17.8 Å². The summed E-state index contributed by atoms with van der Waals surface area (Å²) in [5, 5.41) is 8.38. The van der Waals surface area contributed by atoms with Gasteiger partial charge >= 0.3 is 5.97 Å². The third-order valence-corrected chi connectivity index (χ3v) is 3.04. The van der Waals surface area contributed by atoms with E-state index >= 15 is 0 Å². The molecule has 2 atom stereocenters. The maximum absolute atomic E-state index is 12.1. The van der Waals surface area contributed by atoms with Crippen molar-refractivity contribution in [3.8, 4) is 0 Å².